The lowest BCUT2D eigenvalue weighted by atomic mass is 9.87. The number of nitrogens with two attached hydrogens (primary N) is 1. The van der Waals surface area contributed by atoms with Crippen LogP contribution in [-0.4, -0.2) is 39.5 Å². The van der Waals surface area contributed by atoms with Crippen LogP contribution in [0.3, 0.4) is 0 Å². The fourth-order valence-corrected chi connectivity index (χ4v) is 6.69. The number of nitrogens with zero attached hydrogens (tertiary/aromatic N) is 2. The molecule has 3 heterocycles. The third-order valence-corrected chi connectivity index (χ3v) is 8.98. The quantitative estimate of drug-likeness (QED) is 0.169. The van der Waals surface area contributed by atoms with Gasteiger partial charge < -0.3 is 29.8 Å². The lowest BCUT2D eigenvalue weighted by Crippen LogP contribution is -2.55. The van der Waals surface area contributed by atoms with Gasteiger partial charge in [-0.2, -0.15) is 0 Å². The van der Waals surface area contributed by atoms with Crippen molar-refractivity contribution in [1.29, 1.82) is 0 Å². The highest BCUT2D eigenvalue weighted by Crippen LogP contribution is 2.53. The third kappa shape index (κ3) is 6.05. The number of aliphatic hydroxyl groups is 1. The number of aromatic nitrogens is 2. The standard InChI is InChI=1S/C34H35N3O5S/c1-33(41-21-26-15-9-4-10-16-26)30(40-20-25-13-7-3-8-14-25)28(17-18-39-19-24-11-5-2-6-12-24)42-34(33,38)31-29-27(22-43-31)32(35)37-23-36-29/h2-16,22-23,28,30,38H,17-21H2,1H3,(H2,35,36,37). The Morgan fingerprint density at radius 1 is 0.860 bits per heavy atom. The molecule has 3 N–H and O–H groups in total. The Morgan fingerprint density at radius 3 is 2.12 bits per heavy atom. The van der Waals surface area contributed by atoms with E-state index in [2.05, 4.69) is 9.97 Å². The molecule has 1 saturated heterocycles. The zero-order valence-corrected chi connectivity index (χ0v) is 24.8. The first-order valence-corrected chi connectivity index (χ1v) is 15.2. The second kappa shape index (κ2) is 12.9. The van der Waals surface area contributed by atoms with Crippen LogP contribution in [0.5, 0.6) is 0 Å². The molecule has 0 radical (unpaired) electrons. The number of ether oxygens (including phenoxy) is 4. The van der Waals surface area contributed by atoms with Crippen molar-refractivity contribution in [2.24, 2.45) is 0 Å². The monoisotopic (exact) mass is 597 g/mol. The van der Waals surface area contributed by atoms with Crippen LogP contribution in [0.4, 0.5) is 5.82 Å². The Bertz CT molecular complexity index is 1620. The molecule has 1 fully saturated rings. The molecule has 1 aliphatic heterocycles. The maximum atomic E-state index is 12.7. The van der Waals surface area contributed by atoms with E-state index in [0.29, 0.717) is 47.8 Å². The van der Waals surface area contributed by atoms with Gasteiger partial charge in [0.2, 0.25) is 5.79 Å². The van der Waals surface area contributed by atoms with Crippen LogP contribution in [0.15, 0.2) is 103 Å². The van der Waals surface area contributed by atoms with E-state index in [9.17, 15) is 5.11 Å². The predicted octanol–water partition coefficient (Wildman–Crippen LogP) is 5.99. The summed E-state index contributed by atoms with van der Waals surface area (Å²) >= 11 is 1.32. The molecule has 0 aliphatic carbocycles. The van der Waals surface area contributed by atoms with Gasteiger partial charge >= 0.3 is 0 Å². The maximum absolute atomic E-state index is 12.7. The first-order valence-electron chi connectivity index (χ1n) is 14.3. The van der Waals surface area contributed by atoms with Crippen molar-refractivity contribution in [2.45, 2.75) is 56.8 Å². The summed E-state index contributed by atoms with van der Waals surface area (Å²) in [5.74, 6) is -1.57. The van der Waals surface area contributed by atoms with Crippen LogP contribution in [0, 0.1) is 0 Å². The van der Waals surface area contributed by atoms with Crippen molar-refractivity contribution in [1.82, 2.24) is 9.97 Å². The van der Waals surface area contributed by atoms with Gasteiger partial charge in [-0.3, -0.25) is 0 Å². The molecule has 0 spiro atoms. The minimum Gasteiger partial charge on any atom is -0.383 e. The highest BCUT2D eigenvalue weighted by atomic mass is 32.1. The molecule has 8 nitrogen and oxygen atoms in total. The van der Waals surface area contributed by atoms with E-state index in [-0.39, 0.29) is 6.61 Å². The molecule has 5 aromatic rings. The summed E-state index contributed by atoms with van der Waals surface area (Å²) in [6.45, 7) is 3.28. The number of nitrogen functional groups attached to an aromatic ring is 1. The van der Waals surface area contributed by atoms with Crippen LogP contribution in [-0.2, 0) is 44.6 Å². The molecule has 2 aromatic heterocycles. The summed E-state index contributed by atoms with van der Waals surface area (Å²) in [5.41, 5.74) is 8.41. The van der Waals surface area contributed by atoms with Crippen LogP contribution < -0.4 is 5.73 Å². The molecular formula is C34H35N3O5S. The van der Waals surface area contributed by atoms with E-state index in [4.69, 9.17) is 24.7 Å². The molecule has 4 unspecified atom stereocenters. The normalized spacial score (nSPS) is 23.6. The molecule has 0 amide bonds. The van der Waals surface area contributed by atoms with Crippen LogP contribution in [0.25, 0.3) is 10.9 Å². The zero-order chi connectivity index (χ0) is 29.7. The summed E-state index contributed by atoms with van der Waals surface area (Å²) in [5, 5.41) is 15.1. The smallest absolute Gasteiger partial charge is 0.237 e. The highest BCUT2D eigenvalue weighted by Gasteiger charge is 2.66. The first kappa shape index (κ1) is 29.4. The van der Waals surface area contributed by atoms with Gasteiger partial charge in [-0.1, -0.05) is 91.0 Å². The Labute approximate surface area is 255 Å². The summed E-state index contributed by atoms with van der Waals surface area (Å²) in [7, 11) is 0. The van der Waals surface area contributed by atoms with E-state index >= 15 is 0 Å². The van der Waals surface area contributed by atoms with Gasteiger partial charge in [0.15, 0.2) is 5.60 Å². The van der Waals surface area contributed by atoms with Crippen LogP contribution >= 0.6 is 11.3 Å². The molecule has 0 bridgehead atoms. The summed E-state index contributed by atoms with van der Waals surface area (Å²) in [6, 6.07) is 29.8. The van der Waals surface area contributed by atoms with Gasteiger partial charge in [0, 0.05) is 12.0 Å². The third-order valence-electron chi connectivity index (χ3n) is 7.92. The van der Waals surface area contributed by atoms with E-state index in [1.807, 2.05) is 103 Å². The van der Waals surface area contributed by atoms with Crippen LogP contribution in [0.1, 0.15) is 34.9 Å². The van der Waals surface area contributed by atoms with E-state index in [1.54, 1.807) is 0 Å². The van der Waals surface area contributed by atoms with E-state index in [1.165, 1.54) is 17.7 Å². The fourth-order valence-electron chi connectivity index (χ4n) is 5.53. The number of rotatable bonds is 12. The van der Waals surface area contributed by atoms with Crippen molar-refractivity contribution in [3.8, 4) is 0 Å². The van der Waals surface area contributed by atoms with Gasteiger partial charge in [0.05, 0.1) is 41.7 Å². The molecule has 222 valence electrons. The van der Waals surface area contributed by atoms with Crippen molar-refractivity contribution >= 4 is 28.1 Å². The number of anilines is 1. The Kier molecular flexibility index (Phi) is 8.80. The van der Waals surface area contributed by atoms with Crippen molar-refractivity contribution < 1.29 is 24.1 Å². The largest absolute Gasteiger partial charge is 0.383 e. The molecular weight excluding hydrogens is 562 g/mol. The molecule has 4 atom stereocenters. The molecule has 43 heavy (non-hydrogen) atoms. The molecule has 9 heteroatoms. The highest BCUT2D eigenvalue weighted by molar-refractivity contribution is 7.11. The Morgan fingerprint density at radius 2 is 1.47 bits per heavy atom. The second-order valence-corrected chi connectivity index (χ2v) is 11.7. The predicted molar refractivity (Wildman–Crippen MR) is 166 cm³/mol. The van der Waals surface area contributed by atoms with Crippen LogP contribution in [0.2, 0.25) is 0 Å². The summed E-state index contributed by atoms with van der Waals surface area (Å²) in [6.07, 6.45) is 0.658. The summed E-state index contributed by atoms with van der Waals surface area (Å²) < 4.78 is 26.0. The fraction of sp³-hybridized carbons (Fsp3) is 0.294. The molecule has 6 rings (SSSR count). The van der Waals surface area contributed by atoms with E-state index < -0.39 is 23.6 Å². The molecule has 1 aliphatic rings. The minimum atomic E-state index is -1.90. The van der Waals surface area contributed by atoms with Gasteiger partial charge in [0.1, 0.15) is 18.2 Å². The first-order chi connectivity index (χ1) is 21.0. The lowest BCUT2D eigenvalue weighted by molar-refractivity contribution is -0.288. The lowest BCUT2D eigenvalue weighted by Gasteiger charge is -2.39. The maximum Gasteiger partial charge on any atom is 0.237 e. The van der Waals surface area contributed by atoms with Crippen molar-refractivity contribution in [3.05, 3.63) is 124 Å². The number of hydrogen-bond acceptors (Lipinski definition) is 9. The second-order valence-electron chi connectivity index (χ2n) is 10.8. The number of hydrogen-bond donors (Lipinski definition) is 2. The molecule has 0 saturated carbocycles. The number of thiophene rings is 1. The Hall–Kier alpha value is -3.70. The zero-order valence-electron chi connectivity index (χ0n) is 24.0. The topological polar surface area (TPSA) is 109 Å². The average Bonchev–Trinajstić information content (AvgIpc) is 3.57. The van der Waals surface area contributed by atoms with Gasteiger partial charge in [-0.05, 0) is 30.0 Å². The number of benzene rings is 3. The van der Waals surface area contributed by atoms with Gasteiger partial charge in [-0.15, -0.1) is 11.3 Å². The van der Waals surface area contributed by atoms with Crippen molar-refractivity contribution in [2.75, 3.05) is 12.3 Å². The van der Waals surface area contributed by atoms with E-state index in [0.717, 1.165) is 16.7 Å². The Balaban J connectivity index is 1.34. The van der Waals surface area contributed by atoms with Crippen molar-refractivity contribution in [3.63, 3.8) is 0 Å². The SMILES string of the molecule is CC1(OCc2ccccc2)C(OCc2ccccc2)C(CCOCc2ccccc2)OC1(O)c1scc2c(N)ncnc12. The van der Waals surface area contributed by atoms with Gasteiger partial charge in [-0.25, -0.2) is 9.97 Å². The minimum absolute atomic E-state index is 0.242. The number of fused-ring (bicyclic) bond motifs is 1. The van der Waals surface area contributed by atoms with Gasteiger partial charge in [0.25, 0.3) is 0 Å². The average molecular weight is 598 g/mol. The summed E-state index contributed by atoms with van der Waals surface area (Å²) in [4.78, 5) is 9.11. The molecule has 3 aromatic carbocycles.